The van der Waals surface area contributed by atoms with Crippen molar-refractivity contribution in [3.05, 3.63) is 118 Å². The lowest BCUT2D eigenvalue weighted by molar-refractivity contribution is 0.0783. The third-order valence-electron chi connectivity index (χ3n) is 13.6. The van der Waals surface area contributed by atoms with Crippen LogP contribution in [0.4, 0.5) is 45.1 Å². The van der Waals surface area contributed by atoms with E-state index in [1.807, 2.05) is 15.9 Å². The lowest BCUT2D eigenvalue weighted by atomic mass is 9.78. The summed E-state index contributed by atoms with van der Waals surface area (Å²) in [6, 6.07) is 18.4. The number of nitrogens with two attached hydrogens (primary N) is 1. The van der Waals surface area contributed by atoms with Gasteiger partial charge in [0.2, 0.25) is 0 Å². The Morgan fingerprint density at radius 2 is 1.23 bits per heavy atom. The molecule has 4 fully saturated rings. The van der Waals surface area contributed by atoms with Gasteiger partial charge in [-0.15, -0.1) is 0 Å². The Balaban J connectivity index is 0.000000150. The molecule has 16 heteroatoms. The van der Waals surface area contributed by atoms with E-state index in [2.05, 4.69) is 28.2 Å². The fourth-order valence-electron chi connectivity index (χ4n) is 9.63. The van der Waals surface area contributed by atoms with Crippen LogP contribution in [0.1, 0.15) is 77.3 Å². The number of rotatable bonds is 6. The first kappa shape index (κ1) is 45.8. The molecule has 6 heterocycles. The van der Waals surface area contributed by atoms with Crippen molar-refractivity contribution in [1.29, 1.82) is 0 Å². The molecule has 6 N–H and O–H groups in total. The van der Waals surface area contributed by atoms with Crippen molar-refractivity contribution in [2.75, 3.05) is 79.9 Å². The smallest absolute Gasteiger partial charge is 0.317 e. The van der Waals surface area contributed by atoms with Crippen LogP contribution in [0.5, 0.6) is 0 Å². The maximum absolute atomic E-state index is 14.2. The van der Waals surface area contributed by atoms with Gasteiger partial charge in [-0.25, -0.2) is 22.4 Å². The van der Waals surface area contributed by atoms with E-state index in [0.29, 0.717) is 86.0 Å². The monoisotopic (exact) mass is 898 g/mol. The first-order chi connectivity index (χ1) is 31.2. The van der Waals surface area contributed by atoms with Gasteiger partial charge in [0.1, 0.15) is 23.3 Å². The molecule has 2 spiro atoms. The summed E-state index contributed by atoms with van der Waals surface area (Å²) in [6.45, 7) is 8.99. The molecule has 10 rings (SSSR count). The summed E-state index contributed by atoms with van der Waals surface area (Å²) in [4.78, 5) is 43.1. The summed E-state index contributed by atoms with van der Waals surface area (Å²) in [5, 5.41) is 13.1. The van der Waals surface area contributed by atoms with E-state index in [0.717, 1.165) is 68.9 Å². The number of carbonyl (C=O) groups excluding carboxylic acids is 3. The minimum atomic E-state index is -0.418. The third-order valence-corrected chi connectivity index (χ3v) is 13.6. The molecular weight excluding hydrogens is 841 g/mol. The Kier molecular flexibility index (Phi) is 13.7. The summed E-state index contributed by atoms with van der Waals surface area (Å²) in [6.07, 6.45) is 4.15. The fraction of sp³-hybridized carbons (Fsp3) is 0.449. The predicted octanol–water partition coefficient (Wildman–Crippen LogP) is 7.23. The Morgan fingerprint density at radius 3 is 1.75 bits per heavy atom. The zero-order chi connectivity index (χ0) is 45.9. The normalized spacial score (nSPS) is 19.6. The van der Waals surface area contributed by atoms with Crippen molar-refractivity contribution in [3.8, 4) is 0 Å². The van der Waals surface area contributed by atoms with E-state index in [9.17, 15) is 31.9 Å². The number of ether oxygens (including phenoxy) is 1. The number of urea groups is 1. The van der Waals surface area contributed by atoms with Crippen LogP contribution in [0.15, 0.2) is 72.8 Å². The van der Waals surface area contributed by atoms with Gasteiger partial charge < -0.3 is 46.4 Å². The predicted molar refractivity (Wildman–Crippen MR) is 244 cm³/mol. The molecule has 0 aliphatic carbocycles. The molecule has 6 aliphatic heterocycles. The highest BCUT2D eigenvalue weighted by Gasteiger charge is 2.42. The quantitative estimate of drug-likeness (QED) is 0.126. The number of amides is 2. The first-order valence-corrected chi connectivity index (χ1v) is 22.5. The van der Waals surface area contributed by atoms with E-state index < -0.39 is 11.4 Å². The molecule has 4 saturated heterocycles. The van der Waals surface area contributed by atoms with Crippen LogP contribution in [-0.4, -0.2) is 99.1 Å². The van der Waals surface area contributed by atoms with E-state index >= 15 is 0 Å². The second kappa shape index (κ2) is 19.4. The number of methoxy groups -OCH3 is 1. The number of hydrogen-bond acceptors (Lipinski definition) is 10. The van der Waals surface area contributed by atoms with Gasteiger partial charge in [-0.05, 0) is 116 Å². The summed E-state index contributed by atoms with van der Waals surface area (Å²) in [7, 11) is 1.68. The van der Waals surface area contributed by atoms with Crippen LogP contribution in [0, 0.1) is 29.2 Å². The number of halogens is 4. The molecule has 12 nitrogen and oxygen atoms in total. The second-order valence-electron chi connectivity index (χ2n) is 18.3. The molecule has 0 saturated carbocycles. The summed E-state index contributed by atoms with van der Waals surface area (Å²) >= 11 is 0. The lowest BCUT2D eigenvalue weighted by Crippen LogP contribution is -2.55. The van der Waals surface area contributed by atoms with Crippen LogP contribution in [0.3, 0.4) is 0 Å². The third kappa shape index (κ3) is 10.4. The van der Waals surface area contributed by atoms with Gasteiger partial charge in [0.25, 0.3) is 0 Å². The van der Waals surface area contributed by atoms with Gasteiger partial charge >= 0.3 is 6.03 Å². The minimum Gasteiger partial charge on any atom is -0.378 e. The number of piperidine rings is 2. The Hall–Kier alpha value is -5.71. The molecule has 6 aliphatic rings. The Morgan fingerprint density at radius 1 is 0.723 bits per heavy atom. The average molecular weight is 899 g/mol. The van der Waals surface area contributed by atoms with Crippen LogP contribution >= 0.6 is 0 Å². The van der Waals surface area contributed by atoms with Crippen LogP contribution < -0.4 is 36.8 Å². The molecule has 0 aromatic heterocycles. The SMILES string of the molecule is CC1CN(c2cc(CNC(=O)N3CCC4(CC3)CC(=O)c3cc(F)ccc3N4)ccc2F)C1.COC1CN(c2cc(CN)ccc2F)C1.O=C1CC2(CCNCC2)Nc2ccc(F)cc21. The fourth-order valence-corrected chi connectivity index (χ4v) is 9.63. The number of likely N-dealkylation sites (tertiary alicyclic amines) is 1. The number of nitrogens with zero attached hydrogens (tertiary/aromatic N) is 3. The van der Waals surface area contributed by atoms with Crippen molar-refractivity contribution < 1.29 is 36.7 Å². The van der Waals surface area contributed by atoms with Gasteiger partial charge in [-0.3, -0.25) is 9.59 Å². The zero-order valence-electron chi connectivity index (χ0n) is 37.0. The number of ketones is 2. The van der Waals surface area contributed by atoms with E-state index in [-0.39, 0.29) is 46.7 Å². The number of benzene rings is 4. The number of fused-ring (bicyclic) bond motifs is 2. The van der Waals surface area contributed by atoms with Crippen molar-refractivity contribution in [2.24, 2.45) is 11.7 Å². The Labute approximate surface area is 377 Å². The van der Waals surface area contributed by atoms with Crippen molar-refractivity contribution in [1.82, 2.24) is 15.5 Å². The average Bonchev–Trinajstić information content (AvgIpc) is 3.27. The molecule has 2 amide bonds. The molecule has 0 unspecified atom stereocenters. The van der Waals surface area contributed by atoms with Gasteiger partial charge in [0.15, 0.2) is 11.6 Å². The highest BCUT2D eigenvalue weighted by Crippen LogP contribution is 2.39. The molecule has 0 bridgehead atoms. The van der Waals surface area contributed by atoms with Crippen molar-refractivity contribution >= 4 is 40.3 Å². The summed E-state index contributed by atoms with van der Waals surface area (Å²) < 4.78 is 59.4. The standard InChI is InChI=1S/C25H28F2N4O2.C13H15FN2O.C11H15FN2O/c1-16-14-31(15-16)22-10-17(2-4-20(22)27)13-28-24(33)30-8-6-25(7-9-30)12-23(32)19-11-18(26)3-5-21(19)29-25;14-9-1-2-11-10(7-9)12(17)8-13(16-11)3-5-15-6-4-13;1-15-9-6-14(7-9)11-4-8(5-13)2-3-10(11)12/h2-5,10-11,16,29H,6-9,12-15H2,1H3,(H,28,33);1-2,7,15-16H,3-6,8H2;2-4,9H,5-7,13H2,1H3. The van der Waals surface area contributed by atoms with Crippen LogP contribution in [0.2, 0.25) is 0 Å². The van der Waals surface area contributed by atoms with Gasteiger partial charge in [-0.1, -0.05) is 19.1 Å². The number of Topliss-reactive ketones (excluding diaryl/α,β-unsaturated/α-hetero) is 2. The summed E-state index contributed by atoms with van der Waals surface area (Å²) in [5.41, 5.74) is 10.4. The molecule has 0 radical (unpaired) electrons. The van der Waals surface area contributed by atoms with Gasteiger partial charge in [-0.2, -0.15) is 0 Å². The zero-order valence-corrected chi connectivity index (χ0v) is 37.0. The van der Waals surface area contributed by atoms with Gasteiger partial charge in [0.05, 0.1) is 17.5 Å². The van der Waals surface area contributed by atoms with E-state index in [1.54, 1.807) is 42.3 Å². The molecular formula is C49H58F4N8O4. The highest BCUT2D eigenvalue weighted by atomic mass is 19.1. The molecule has 4 aromatic carbocycles. The lowest BCUT2D eigenvalue weighted by Gasteiger charge is -2.45. The Bertz CT molecular complexity index is 2390. The van der Waals surface area contributed by atoms with E-state index in [4.69, 9.17) is 10.5 Å². The molecule has 4 aromatic rings. The number of anilines is 4. The van der Waals surface area contributed by atoms with Crippen molar-refractivity contribution in [2.45, 2.75) is 75.7 Å². The first-order valence-electron chi connectivity index (χ1n) is 22.5. The summed E-state index contributed by atoms with van der Waals surface area (Å²) in [5.74, 6) is -0.637. The maximum atomic E-state index is 14.2. The molecule has 346 valence electrons. The maximum Gasteiger partial charge on any atom is 0.317 e. The topological polar surface area (TPSA) is 144 Å². The van der Waals surface area contributed by atoms with Gasteiger partial charge in [0, 0.05) is 106 Å². The molecule has 0 atom stereocenters. The second-order valence-corrected chi connectivity index (χ2v) is 18.3. The minimum absolute atomic E-state index is 0.0557. The molecule has 65 heavy (non-hydrogen) atoms. The highest BCUT2D eigenvalue weighted by molar-refractivity contribution is 6.04. The van der Waals surface area contributed by atoms with E-state index in [1.165, 1.54) is 36.4 Å². The number of carbonyl (C=O) groups is 3. The number of hydrogen-bond donors (Lipinski definition) is 5. The van der Waals surface area contributed by atoms with Crippen LogP contribution in [0.25, 0.3) is 0 Å². The largest absolute Gasteiger partial charge is 0.378 e. The van der Waals surface area contributed by atoms with Crippen molar-refractivity contribution in [3.63, 3.8) is 0 Å². The number of nitrogens with one attached hydrogen (secondary N) is 4. The van der Waals surface area contributed by atoms with Crippen LogP contribution in [-0.2, 0) is 17.8 Å².